The van der Waals surface area contributed by atoms with Gasteiger partial charge in [-0.25, -0.2) is 9.67 Å². The molecule has 0 aliphatic rings. The van der Waals surface area contributed by atoms with Crippen LogP contribution >= 0.6 is 0 Å². The number of fused-ring (bicyclic) bond motifs is 1. The standard InChI is InChI=1S/C16H18F2N6O/c1-8-12(10(3)24(22-8)16(17)18)6-14(25)20-11-5-13-9(2)21-23(4)15(13)19-7-11/h5,7,16H,6H2,1-4H3,(H,20,25). The van der Waals surface area contributed by atoms with Gasteiger partial charge >= 0.3 is 6.55 Å². The molecule has 0 unspecified atom stereocenters. The Bertz CT molecular complexity index is 959. The molecule has 1 N–H and O–H groups in total. The molecule has 3 heterocycles. The van der Waals surface area contributed by atoms with E-state index in [2.05, 4.69) is 20.5 Å². The number of pyridine rings is 1. The molecule has 0 aromatic carbocycles. The molecular formula is C16H18F2N6O. The first-order valence-corrected chi connectivity index (χ1v) is 7.70. The van der Waals surface area contributed by atoms with Crippen LogP contribution in [-0.2, 0) is 18.3 Å². The minimum absolute atomic E-state index is 0.0333. The quantitative estimate of drug-likeness (QED) is 0.786. The second kappa shape index (κ2) is 6.23. The van der Waals surface area contributed by atoms with E-state index in [1.165, 1.54) is 6.92 Å². The lowest BCUT2D eigenvalue weighted by Gasteiger charge is -2.06. The van der Waals surface area contributed by atoms with Gasteiger partial charge < -0.3 is 5.32 Å². The molecule has 0 fully saturated rings. The summed E-state index contributed by atoms with van der Waals surface area (Å²) in [5.41, 5.74) is 3.28. The molecule has 7 nitrogen and oxygen atoms in total. The average Bonchev–Trinajstić information content (AvgIpc) is 2.98. The van der Waals surface area contributed by atoms with Gasteiger partial charge in [-0.2, -0.15) is 19.0 Å². The molecule has 9 heteroatoms. The minimum atomic E-state index is -2.73. The summed E-state index contributed by atoms with van der Waals surface area (Å²) in [6.07, 6.45) is 1.51. The fourth-order valence-electron chi connectivity index (χ4n) is 2.88. The Morgan fingerprint density at radius 2 is 1.96 bits per heavy atom. The van der Waals surface area contributed by atoms with Crippen molar-refractivity contribution in [2.24, 2.45) is 7.05 Å². The summed E-state index contributed by atoms with van der Waals surface area (Å²) >= 11 is 0. The summed E-state index contributed by atoms with van der Waals surface area (Å²) in [6, 6.07) is 1.80. The van der Waals surface area contributed by atoms with Gasteiger partial charge in [-0.3, -0.25) is 9.48 Å². The van der Waals surface area contributed by atoms with Crippen LogP contribution in [0.5, 0.6) is 0 Å². The van der Waals surface area contributed by atoms with Gasteiger partial charge in [0, 0.05) is 23.7 Å². The predicted molar refractivity (Wildman–Crippen MR) is 88.5 cm³/mol. The van der Waals surface area contributed by atoms with E-state index in [-0.39, 0.29) is 12.3 Å². The van der Waals surface area contributed by atoms with Gasteiger partial charge in [0.2, 0.25) is 5.91 Å². The van der Waals surface area contributed by atoms with Crippen LogP contribution in [0.15, 0.2) is 12.3 Å². The molecule has 0 radical (unpaired) electrons. The molecule has 3 aromatic rings. The Morgan fingerprint density at radius 1 is 1.24 bits per heavy atom. The Labute approximate surface area is 142 Å². The van der Waals surface area contributed by atoms with Crippen LogP contribution in [0.25, 0.3) is 11.0 Å². The number of alkyl halides is 2. The van der Waals surface area contributed by atoms with Crippen LogP contribution in [0.2, 0.25) is 0 Å². The third-order valence-electron chi connectivity index (χ3n) is 4.14. The molecule has 0 spiro atoms. The van der Waals surface area contributed by atoms with Crippen LogP contribution in [0.4, 0.5) is 14.5 Å². The zero-order valence-electron chi connectivity index (χ0n) is 14.3. The molecule has 0 atom stereocenters. The lowest BCUT2D eigenvalue weighted by Crippen LogP contribution is -2.15. The Hall–Kier alpha value is -2.84. The van der Waals surface area contributed by atoms with Crippen LogP contribution in [-0.4, -0.2) is 30.5 Å². The number of hydrogen-bond donors (Lipinski definition) is 1. The van der Waals surface area contributed by atoms with Crippen molar-refractivity contribution in [3.8, 4) is 0 Å². The minimum Gasteiger partial charge on any atom is -0.324 e. The number of rotatable bonds is 4. The number of nitrogens with one attached hydrogen (secondary N) is 1. The maximum atomic E-state index is 12.9. The number of hydrogen-bond acceptors (Lipinski definition) is 4. The Morgan fingerprint density at radius 3 is 2.60 bits per heavy atom. The predicted octanol–water partition coefficient (Wildman–Crippen LogP) is 2.67. The van der Waals surface area contributed by atoms with Crippen LogP contribution in [0, 0.1) is 20.8 Å². The van der Waals surface area contributed by atoms with Crippen molar-refractivity contribution in [1.82, 2.24) is 24.5 Å². The maximum absolute atomic E-state index is 12.9. The van der Waals surface area contributed by atoms with Gasteiger partial charge in [-0.05, 0) is 26.8 Å². The van der Waals surface area contributed by atoms with E-state index in [0.717, 1.165) is 16.7 Å². The van der Waals surface area contributed by atoms with Crippen LogP contribution < -0.4 is 5.32 Å². The van der Waals surface area contributed by atoms with E-state index in [4.69, 9.17) is 0 Å². The Kier molecular flexibility index (Phi) is 4.23. The van der Waals surface area contributed by atoms with Crippen molar-refractivity contribution in [2.45, 2.75) is 33.7 Å². The highest BCUT2D eigenvalue weighted by Gasteiger charge is 2.19. The summed E-state index contributed by atoms with van der Waals surface area (Å²) in [4.78, 5) is 16.6. The highest BCUT2D eigenvalue weighted by atomic mass is 19.3. The molecule has 0 aliphatic heterocycles. The first kappa shape index (κ1) is 17.0. The lowest BCUT2D eigenvalue weighted by molar-refractivity contribution is -0.115. The summed E-state index contributed by atoms with van der Waals surface area (Å²) in [5, 5.41) is 11.7. The summed E-state index contributed by atoms with van der Waals surface area (Å²) in [6.45, 7) is 2.28. The second-order valence-electron chi connectivity index (χ2n) is 5.90. The zero-order chi connectivity index (χ0) is 18.3. The molecule has 132 valence electrons. The van der Waals surface area contributed by atoms with Gasteiger partial charge in [-0.15, -0.1) is 0 Å². The molecule has 25 heavy (non-hydrogen) atoms. The molecular weight excluding hydrogens is 330 g/mol. The third kappa shape index (κ3) is 3.09. The monoisotopic (exact) mass is 348 g/mol. The highest BCUT2D eigenvalue weighted by molar-refractivity contribution is 5.94. The third-order valence-corrected chi connectivity index (χ3v) is 4.14. The van der Waals surface area contributed by atoms with E-state index in [1.807, 2.05) is 6.92 Å². The number of aromatic nitrogens is 5. The lowest BCUT2D eigenvalue weighted by atomic mass is 10.1. The van der Waals surface area contributed by atoms with Crippen molar-refractivity contribution < 1.29 is 13.6 Å². The van der Waals surface area contributed by atoms with Crippen molar-refractivity contribution in [3.63, 3.8) is 0 Å². The van der Waals surface area contributed by atoms with Gasteiger partial charge in [0.25, 0.3) is 0 Å². The molecule has 0 aliphatic carbocycles. The van der Waals surface area contributed by atoms with Crippen molar-refractivity contribution in [3.05, 3.63) is 34.9 Å². The van der Waals surface area contributed by atoms with Gasteiger partial charge in [-0.1, -0.05) is 0 Å². The van der Waals surface area contributed by atoms with E-state index in [1.54, 1.807) is 30.9 Å². The van der Waals surface area contributed by atoms with Gasteiger partial charge in [0.15, 0.2) is 5.65 Å². The molecule has 3 rings (SSSR count). The second-order valence-corrected chi connectivity index (χ2v) is 5.90. The average molecular weight is 348 g/mol. The summed E-state index contributed by atoms with van der Waals surface area (Å²) in [7, 11) is 1.80. The normalized spacial score (nSPS) is 11.5. The fraction of sp³-hybridized carbons (Fsp3) is 0.375. The number of amides is 1. The smallest absolute Gasteiger partial charge is 0.324 e. The van der Waals surface area contributed by atoms with E-state index >= 15 is 0 Å². The molecule has 0 bridgehead atoms. The number of carbonyl (C=O) groups is 1. The molecule has 0 saturated heterocycles. The molecule has 3 aromatic heterocycles. The maximum Gasteiger partial charge on any atom is 0.333 e. The number of aryl methyl sites for hydroxylation is 3. The number of nitrogens with zero attached hydrogens (tertiary/aromatic N) is 5. The van der Waals surface area contributed by atoms with Crippen molar-refractivity contribution in [2.75, 3.05) is 5.32 Å². The number of carbonyl (C=O) groups excluding carboxylic acids is 1. The van der Waals surface area contributed by atoms with Crippen LogP contribution in [0.1, 0.15) is 29.2 Å². The Balaban J connectivity index is 1.80. The summed E-state index contributed by atoms with van der Waals surface area (Å²) in [5.74, 6) is -0.317. The van der Waals surface area contributed by atoms with Crippen molar-refractivity contribution >= 4 is 22.6 Å². The zero-order valence-corrected chi connectivity index (χ0v) is 14.3. The first-order valence-electron chi connectivity index (χ1n) is 7.70. The molecule has 0 saturated carbocycles. The van der Waals surface area contributed by atoms with E-state index in [9.17, 15) is 13.6 Å². The highest BCUT2D eigenvalue weighted by Crippen LogP contribution is 2.22. The van der Waals surface area contributed by atoms with E-state index < -0.39 is 6.55 Å². The first-order chi connectivity index (χ1) is 11.8. The largest absolute Gasteiger partial charge is 0.333 e. The number of halogens is 2. The van der Waals surface area contributed by atoms with Crippen molar-refractivity contribution in [1.29, 1.82) is 0 Å². The number of anilines is 1. The van der Waals surface area contributed by atoms with E-state index in [0.29, 0.717) is 27.3 Å². The van der Waals surface area contributed by atoms with Gasteiger partial charge in [0.1, 0.15) is 0 Å². The molecule has 1 amide bonds. The summed E-state index contributed by atoms with van der Waals surface area (Å²) < 4.78 is 28.1. The van der Waals surface area contributed by atoms with Crippen LogP contribution in [0.3, 0.4) is 0 Å². The topological polar surface area (TPSA) is 77.6 Å². The SMILES string of the molecule is Cc1nn(C(F)F)c(C)c1CC(=O)Nc1cnc2c(c1)c(C)nn2C. The van der Waals surface area contributed by atoms with Gasteiger partial charge in [0.05, 0.1) is 29.7 Å². The fourth-order valence-corrected chi connectivity index (χ4v) is 2.88.